The van der Waals surface area contributed by atoms with E-state index in [1.807, 2.05) is 18.2 Å². The van der Waals surface area contributed by atoms with Crippen LogP contribution in [0.1, 0.15) is 50.5 Å². The van der Waals surface area contributed by atoms with E-state index in [-0.39, 0.29) is 30.7 Å². The number of hydrogen-bond donors (Lipinski definition) is 2. The lowest BCUT2D eigenvalue weighted by atomic mass is 9.96. The van der Waals surface area contributed by atoms with Gasteiger partial charge in [0.1, 0.15) is 0 Å². The molecule has 1 aromatic rings. The van der Waals surface area contributed by atoms with Crippen molar-refractivity contribution in [1.82, 2.24) is 10.2 Å². The van der Waals surface area contributed by atoms with Crippen LogP contribution in [0.3, 0.4) is 0 Å². The quantitative estimate of drug-likeness (QED) is 0.532. The van der Waals surface area contributed by atoms with Crippen LogP contribution >= 0.6 is 36.4 Å². The van der Waals surface area contributed by atoms with Gasteiger partial charge in [0.25, 0.3) is 0 Å². The summed E-state index contributed by atoms with van der Waals surface area (Å²) in [6.07, 6.45) is 7.20. The Bertz CT molecular complexity index is 523. The molecule has 2 rings (SSSR count). The summed E-state index contributed by atoms with van der Waals surface area (Å²) in [6, 6.07) is 8.07. The molecule has 1 fully saturated rings. The lowest BCUT2D eigenvalue weighted by Gasteiger charge is -2.32. The fourth-order valence-corrected chi connectivity index (χ4v) is 3.54. The van der Waals surface area contributed by atoms with Gasteiger partial charge in [-0.05, 0) is 62.9 Å². The minimum atomic E-state index is 0. The highest BCUT2D eigenvalue weighted by molar-refractivity contribution is 6.31. The molecule has 0 bridgehead atoms. The first-order valence-corrected chi connectivity index (χ1v) is 9.99. The van der Waals surface area contributed by atoms with Gasteiger partial charge in [0.15, 0.2) is 0 Å². The van der Waals surface area contributed by atoms with E-state index in [1.54, 1.807) is 0 Å². The first-order chi connectivity index (χ1) is 12.2. The highest BCUT2D eigenvalue weighted by atomic mass is 35.5. The van der Waals surface area contributed by atoms with Crippen molar-refractivity contribution in [2.24, 2.45) is 11.7 Å². The molecule has 7 heteroatoms. The molecule has 0 saturated carbocycles. The molecule has 27 heavy (non-hydrogen) atoms. The third-order valence-electron chi connectivity index (χ3n) is 5.00. The molecule has 0 spiro atoms. The Morgan fingerprint density at radius 3 is 2.44 bits per heavy atom. The Labute approximate surface area is 181 Å². The normalized spacial score (nSPS) is 14.9. The molecule has 1 saturated heterocycles. The Balaban J connectivity index is 0.00000338. The molecule has 0 unspecified atom stereocenters. The predicted octanol–water partition coefficient (Wildman–Crippen LogP) is 4.42. The zero-order valence-electron chi connectivity index (χ0n) is 16.0. The second-order valence-electron chi connectivity index (χ2n) is 7.07. The van der Waals surface area contributed by atoms with Crippen LogP contribution in [0.25, 0.3) is 0 Å². The molecule has 156 valence electrons. The van der Waals surface area contributed by atoms with Crippen LogP contribution in [0.2, 0.25) is 5.02 Å². The van der Waals surface area contributed by atoms with E-state index in [9.17, 15) is 4.79 Å². The summed E-state index contributed by atoms with van der Waals surface area (Å²) in [4.78, 5) is 14.4. The number of unbranched alkanes of at least 4 members (excludes halogenated alkanes) is 3. The van der Waals surface area contributed by atoms with E-state index in [0.717, 1.165) is 76.3 Å². The number of rotatable bonds is 10. The molecule has 1 amide bonds. The van der Waals surface area contributed by atoms with Crippen molar-refractivity contribution in [3.05, 3.63) is 34.9 Å². The number of benzene rings is 1. The van der Waals surface area contributed by atoms with Gasteiger partial charge in [-0.2, -0.15) is 0 Å². The summed E-state index contributed by atoms with van der Waals surface area (Å²) in [5, 5.41) is 3.96. The van der Waals surface area contributed by atoms with Gasteiger partial charge < -0.3 is 11.1 Å². The second-order valence-corrected chi connectivity index (χ2v) is 7.48. The van der Waals surface area contributed by atoms with Gasteiger partial charge in [-0.15, -0.1) is 24.8 Å². The number of amides is 1. The van der Waals surface area contributed by atoms with Crippen molar-refractivity contribution >= 4 is 42.3 Å². The van der Waals surface area contributed by atoms with Crippen LogP contribution in [0.5, 0.6) is 0 Å². The summed E-state index contributed by atoms with van der Waals surface area (Å²) in [6.45, 7) is 4.64. The number of halogens is 3. The first-order valence-electron chi connectivity index (χ1n) is 9.61. The van der Waals surface area contributed by atoms with Crippen molar-refractivity contribution < 1.29 is 4.79 Å². The van der Waals surface area contributed by atoms with Crippen LogP contribution in [0, 0.1) is 5.92 Å². The number of likely N-dealkylation sites (tertiary alicyclic amines) is 1. The second kappa shape index (κ2) is 15.4. The van der Waals surface area contributed by atoms with Crippen LogP contribution in [0.15, 0.2) is 24.3 Å². The predicted molar refractivity (Wildman–Crippen MR) is 119 cm³/mol. The van der Waals surface area contributed by atoms with Crippen LogP contribution in [-0.4, -0.2) is 37.0 Å². The topological polar surface area (TPSA) is 58.4 Å². The first kappa shape index (κ1) is 26.5. The molecule has 1 aliphatic rings. The summed E-state index contributed by atoms with van der Waals surface area (Å²) < 4.78 is 0. The highest BCUT2D eigenvalue weighted by Gasteiger charge is 2.20. The minimum Gasteiger partial charge on any atom is -0.356 e. The monoisotopic (exact) mass is 437 g/mol. The van der Waals surface area contributed by atoms with E-state index in [1.165, 1.54) is 5.56 Å². The van der Waals surface area contributed by atoms with Crippen LogP contribution < -0.4 is 11.1 Å². The van der Waals surface area contributed by atoms with Gasteiger partial charge >= 0.3 is 0 Å². The summed E-state index contributed by atoms with van der Waals surface area (Å²) in [5.74, 6) is 0.801. The molecule has 0 radical (unpaired) electrons. The third-order valence-corrected chi connectivity index (χ3v) is 5.37. The molecular formula is C20H34Cl3N3O. The van der Waals surface area contributed by atoms with Gasteiger partial charge in [0.2, 0.25) is 5.91 Å². The number of piperidine rings is 1. The highest BCUT2D eigenvalue weighted by Crippen LogP contribution is 2.22. The zero-order chi connectivity index (χ0) is 17.9. The largest absolute Gasteiger partial charge is 0.356 e. The minimum absolute atomic E-state index is 0. The Kier molecular flexibility index (Phi) is 15.1. The Hall–Kier alpha value is -0.520. The Morgan fingerprint density at radius 1 is 1.11 bits per heavy atom. The SMILES string of the molecule is Cl.Cl.NCCCCCCC(=O)NCC1CCN(Cc2ccccc2Cl)CC1. The standard InChI is InChI=1S/C20H32ClN3O.2ClH/c21-19-8-5-4-7-18(19)16-24-13-10-17(11-14-24)15-23-20(25)9-3-1-2-6-12-22;;/h4-5,7-8,17H,1-3,6,9-16,22H2,(H,23,25);2*1H. The van der Waals surface area contributed by atoms with E-state index in [2.05, 4.69) is 16.3 Å². The lowest BCUT2D eigenvalue weighted by molar-refractivity contribution is -0.121. The van der Waals surface area contributed by atoms with E-state index < -0.39 is 0 Å². The van der Waals surface area contributed by atoms with Crippen LogP contribution in [0.4, 0.5) is 0 Å². The number of nitrogens with two attached hydrogens (primary N) is 1. The average Bonchev–Trinajstić information content (AvgIpc) is 2.63. The maximum atomic E-state index is 11.9. The summed E-state index contributed by atoms with van der Waals surface area (Å²) in [7, 11) is 0. The molecule has 4 nitrogen and oxygen atoms in total. The number of nitrogens with one attached hydrogen (secondary N) is 1. The molecule has 1 aliphatic heterocycles. The van der Waals surface area contributed by atoms with E-state index >= 15 is 0 Å². The molecular weight excluding hydrogens is 405 g/mol. The molecule has 0 aromatic heterocycles. The van der Waals surface area contributed by atoms with Crippen molar-refractivity contribution in [3.8, 4) is 0 Å². The number of carbonyl (C=O) groups excluding carboxylic acids is 1. The van der Waals surface area contributed by atoms with Gasteiger partial charge in [0, 0.05) is 24.5 Å². The number of carbonyl (C=O) groups is 1. The van der Waals surface area contributed by atoms with Crippen molar-refractivity contribution in [2.75, 3.05) is 26.2 Å². The number of hydrogen-bond acceptors (Lipinski definition) is 3. The summed E-state index contributed by atoms with van der Waals surface area (Å²) >= 11 is 6.25. The molecule has 1 heterocycles. The summed E-state index contributed by atoms with van der Waals surface area (Å²) in [5.41, 5.74) is 6.67. The fourth-order valence-electron chi connectivity index (χ4n) is 3.35. The molecule has 0 aliphatic carbocycles. The van der Waals surface area contributed by atoms with E-state index in [0.29, 0.717) is 12.3 Å². The van der Waals surface area contributed by atoms with Crippen LogP contribution in [-0.2, 0) is 11.3 Å². The van der Waals surface area contributed by atoms with E-state index in [4.69, 9.17) is 17.3 Å². The van der Waals surface area contributed by atoms with Gasteiger partial charge in [-0.1, -0.05) is 42.6 Å². The maximum Gasteiger partial charge on any atom is 0.220 e. The smallest absolute Gasteiger partial charge is 0.220 e. The lowest BCUT2D eigenvalue weighted by Crippen LogP contribution is -2.38. The number of nitrogens with zero attached hydrogens (tertiary/aromatic N) is 1. The van der Waals surface area contributed by atoms with Crippen molar-refractivity contribution in [3.63, 3.8) is 0 Å². The van der Waals surface area contributed by atoms with Crippen molar-refractivity contribution in [1.29, 1.82) is 0 Å². The maximum absolute atomic E-state index is 11.9. The molecule has 0 atom stereocenters. The van der Waals surface area contributed by atoms with Gasteiger partial charge in [-0.25, -0.2) is 0 Å². The van der Waals surface area contributed by atoms with Crippen molar-refractivity contribution in [2.45, 2.75) is 51.5 Å². The molecule has 3 N–H and O–H groups in total. The fraction of sp³-hybridized carbons (Fsp3) is 0.650. The van der Waals surface area contributed by atoms with Gasteiger partial charge in [-0.3, -0.25) is 9.69 Å². The zero-order valence-corrected chi connectivity index (χ0v) is 18.4. The Morgan fingerprint density at radius 2 is 1.78 bits per heavy atom. The average molecular weight is 439 g/mol. The molecule has 1 aromatic carbocycles. The van der Waals surface area contributed by atoms with Gasteiger partial charge in [0.05, 0.1) is 0 Å². The third kappa shape index (κ3) is 10.6.